The molecule has 2 bridgehead atoms. The Hall–Kier alpha value is -0.330. The van der Waals surface area contributed by atoms with Gasteiger partial charge in [-0.1, -0.05) is 0 Å². The van der Waals surface area contributed by atoms with Gasteiger partial charge < -0.3 is 0 Å². The smallest absolute Gasteiger partial charge is 0.0501 e. The van der Waals surface area contributed by atoms with Crippen LogP contribution in [0.2, 0.25) is 0 Å². The first-order chi connectivity index (χ1) is 3.45. The average molecular weight is 95.1 g/mol. The summed E-state index contributed by atoms with van der Waals surface area (Å²) >= 11 is 0. The molecule has 1 nitrogen and oxygen atoms in total. The van der Waals surface area contributed by atoms with Crippen LogP contribution >= 0.6 is 0 Å². The van der Waals surface area contributed by atoms with Crippen molar-refractivity contribution in [2.75, 3.05) is 0 Å². The van der Waals surface area contributed by atoms with Crippen LogP contribution in [0, 0.1) is 5.92 Å². The Morgan fingerprint density at radius 3 is 2.43 bits per heavy atom. The summed E-state index contributed by atoms with van der Waals surface area (Å²) in [5, 5.41) is 0. The van der Waals surface area contributed by atoms with E-state index in [0.717, 1.165) is 12.0 Å². The lowest BCUT2D eigenvalue weighted by Gasteiger charge is -2.35. The maximum atomic E-state index is 4.27. The van der Waals surface area contributed by atoms with Crippen LogP contribution in [-0.2, 0) is 0 Å². The van der Waals surface area contributed by atoms with E-state index in [4.69, 9.17) is 0 Å². The first-order valence-corrected chi connectivity index (χ1v) is 2.97. The molecule has 1 fully saturated rings. The van der Waals surface area contributed by atoms with E-state index in [1.165, 1.54) is 19.3 Å². The second-order valence-corrected chi connectivity index (χ2v) is 2.56. The Labute approximate surface area is 43.4 Å². The maximum absolute atomic E-state index is 4.27. The van der Waals surface area contributed by atoms with Crippen molar-refractivity contribution in [1.29, 1.82) is 0 Å². The lowest BCUT2D eigenvalue weighted by atomic mass is 9.77. The van der Waals surface area contributed by atoms with E-state index in [2.05, 4.69) is 11.2 Å². The van der Waals surface area contributed by atoms with Gasteiger partial charge in [-0.05, 0) is 31.4 Å². The van der Waals surface area contributed by atoms with Crippen LogP contribution in [0.4, 0.5) is 0 Å². The predicted molar refractivity (Wildman–Crippen MR) is 29.6 cm³/mol. The van der Waals surface area contributed by atoms with Crippen LogP contribution in [0.5, 0.6) is 0 Å². The van der Waals surface area contributed by atoms with Crippen molar-refractivity contribution in [2.45, 2.75) is 25.3 Å². The highest BCUT2D eigenvalue weighted by atomic mass is 14.8. The molecule has 0 unspecified atom stereocenters. The van der Waals surface area contributed by atoms with Crippen molar-refractivity contribution in [2.24, 2.45) is 10.9 Å². The van der Waals surface area contributed by atoms with Gasteiger partial charge in [-0.25, -0.2) is 0 Å². The molecule has 0 atom stereocenters. The van der Waals surface area contributed by atoms with E-state index in [0.29, 0.717) is 0 Å². The molecular weight excluding hydrogens is 86.1 g/mol. The molecule has 0 aromatic heterocycles. The lowest BCUT2D eigenvalue weighted by molar-refractivity contribution is 0.261. The molecule has 0 N–H and O–H groups in total. The topological polar surface area (TPSA) is 12.4 Å². The molecule has 2 heterocycles. The molecule has 38 valence electrons. The van der Waals surface area contributed by atoms with Crippen molar-refractivity contribution >= 4 is 6.21 Å². The van der Waals surface area contributed by atoms with E-state index in [-0.39, 0.29) is 0 Å². The van der Waals surface area contributed by atoms with Gasteiger partial charge in [0, 0.05) is 0 Å². The SMILES string of the molecule is C1=NC2CC(C1)C2. The van der Waals surface area contributed by atoms with E-state index in [1.807, 2.05) is 0 Å². The summed E-state index contributed by atoms with van der Waals surface area (Å²) in [5.41, 5.74) is 0. The average Bonchev–Trinajstić information content (AvgIpc) is 1.67. The summed E-state index contributed by atoms with van der Waals surface area (Å²) in [6.07, 6.45) is 6.12. The van der Waals surface area contributed by atoms with E-state index < -0.39 is 0 Å². The van der Waals surface area contributed by atoms with Gasteiger partial charge in [0.1, 0.15) is 0 Å². The van der Waals surface area contributed by atoms with Gasteiger partial charge in [0.25, 0.3) is 0 Å². The Morgan fingerprint density at radius 2 is 2.29 bits per heavy atom. The summed E-state index contributed by atoms with van der Waals surface area (Å²) in [6.45, 7) is 0. The van der Waals surface area contributed by atoms with Crippen LogP contribution in [0.3, 0.4) is 0 Å². The summed E-state index contributed by atoms with van der Waals surface area (Å²) < 4.78 is 0. The van der Waals surface area contributed by atoms with Crippen molar-refractivity contribution in [3.05, 3.63) is 0 Å². The standard InChI is InChI=1S/C6H9N/c1-2-7-6-3-5(1)4-6/h2,5-6H,1,3-4H2. The van der Waals surface area contributed by atoms with E-state index in [1.54, 1.807) is 0 Å². The van der Waals surface area contributed by atoms with Gasteiger partial charge in [-0.3, -0.25) is 4.99 Å². The van der Waals surface area contributed by atoms with Crippen LogP contribution in [0.15, 0.2) is 4.99 Å². The zero-order chi connectivity index (χ0) is 4.69. The third kappa shape index (κ3) is 0.409. The molecule has 7 heavy (non-hydrogen) atoms. The summed E-state index contributed by atoms with van der Waals surface area (Å²) in [6, 6.07) is 0.749. The second-order valence-electron chi connectivity index (χ2n) is 2.56. The Bertz CT molecular complexity index is 101. The highest BCUT2D eigenvalue weighted by molar-refractivity contribution is 5.60. The van der Waals surface area contributed by atoms with Crippen LogP contribution < -0.4 is 0 Å². The molecule has 0 aromatic rings. The first kappa shape index (κ1) is 3.65. The van der Waals surface area contributed by atoms with E-state index >= 15 is 0 Å². The lowest BCUT2D eigenvalue weighted by Crippen LogP contribution is -2.31. The summed E-state index contributed by atoms with van der Waals surface area (Å²) in [7, 11) is 0. The fourth-order valence-corrected chi connectivity index (χ4v) is 1.37. The second kappa shape index (κ2) is 1.09. The van der Waals surface area contributed by atoms with Crippen molar-refractivity contribution in [1.82, 2.24) is 0 Å². The molecule has 1 aliphatic carbocycles. The normalized spacial score (nSPS) is 45.7. The molecule has 0 spiro atoms. The van der Waals surface area contributed by atoms with Crippen LogP contribution in [0.1, 0.15) is 19.3 Å². The molecule has 2 aliphatic heterocycles. The molecule has 3 rings (SSSR count). The molecule has 1 saturated carbocycles. The minimum Gasteiger partial charge on any atom is -0.294 e. The Morgan fingerprint density at radius 1 is 1.43 bits per heavy atom. The number of fused-ring (bicyclic) bond motifs is 1. The molecule has 0 amide bonds. The fraction of sp³-hybridized carbons (Fsp3) is 0.833. The number of rotatable bonds is 0. The molecule has 0 radical (unpaired) electrons. The molecule has 0 saturated heterocycles. The van der Waals surface area contributed by atoms with Gasteiger partial charge >= 0.3 is 0 Å². The zero-order valence-corrected chi connectivity index (χ0v) is 4.30. The van der Waals surface area contributed by atoms with Crippen LogP contribution in [-0.4, -0.2) is 12.3 Å². The summed E-state index contributed by atoms with van der Waals surface area (Å²) in [4.78, 5) is 4.27. The number of nitrogens with zero attached hydrogens (tertiary/aromatic N) is 1. The number of aliphatic imine (C=N–C) groups is 1. The Balaban J connectivity index is 2.18. The quantitative estimate of drug-likeness (QED) is 0.429. The summed E-state index contributed by atoms with van der Waals surface area (Å²) in [5.74, 6) is 1.03. The van der Waals surface area contributed by atoms with Crippen molar-refractivity contribution in [3.8, 4) is 0 Å². The highest BCUT2D eigenvalue weighted by Gasteiger charge is 2.30. The largest absolute Gasteiger partial charge is 0.294 e. The third-order valence-corrected chi connectivity index (χ3v) is 1.97. The van der Waals surface area contributed by atoms with Crippen LogP contribution in [0.25, 0.3) is 0 Å². The van der Waals surface area contributed by atoms with Gasteiger partial charge in [0.05, 0.1) is 6.04 Å². The minimum absolute atomic E-state index is 0.749. The van der Waals surface area contributed by atoms with E-state index in [9.17, 15) is 0 Å². The zero-order valence-electron chi connectivity index (χ0n) is 4.30. The molecular formula is C6H9N. The number of hydrogen-bond acceptors (Lipinski definition) is 1. The van der Waals surface area contributed by atoms with Gasteiger partial charge in [-0.15, -0.1) is 0 Å². The van der Waals surface area contributed by atoms with Gasteiger partial charge in [0.15, 0.2) is 0 Å². The third-order valence-electron chi connectivity index (χ3n) is 1.97. The Kier molecular flexibility index (Phi) is 0.566. The minimum atomic E-state index is 0.749. The van der Waals surface area contributed by atoms with Gasteiger partial charge in [-0.2, -0.15) is 0 Å². The fourth-order valence-electron chi connectivity index (χ4n) is 1.37. The highest BCUT2D eigenvalue weighted by Crippen LogP contribution is 2.35. The molecule has 3 aliphatic rings. The van der Waals surface area contributed by atoms with Gasteiger partial charge in [0.2, 0.25) is 0 Å². The number of hydrogen-bond donors (Lipinski definition) is 0. The van der Waals surface area contributed by atoms with Crippen molar-refractivity contribution < 1.29 is 0 Å². The monoisotopic (exact) mass is 95.1 g/mol. The molecule has 1 heteroatoms. The predicted octanol–water partition coefficient (Wildman–Crippen LogP) is 1.24. The first-order valence-electron chi connectivity index (χ1n) is 2.97. The van der Waals surface area contributed by atoms with Crippen molar-refractivity contribution in [3.63, 3.8) is 0 Å². The molecule has 0 aromatic carbocycles. The maximum Gasteiger partial charge on any atom is 0.0501 e.